The molecule has 1 aromatic carbocycles. The van der Waals surface area contributed by atoms with E-state index in [1.165, 1.54) is 0 Å². The van der Waals surface area contributed by atoms with Crippen LogP contribution >= 0.6 is 0 Å². The first-order valence-corrected chi connectivity index (χ1v) is 5.34. The van der Waals surface area contributed by atoms with Gasteiger partial charge < -0.3 is 15.7 Å². The van der Waals surface area contributed by atoms with E-state index >= 15 is 0 Å². The van der Waals surface area contributed by atoms with E-state index in [2.05, 4.69) is 10.6 Å². The zero-order valence-corrected chi connectivity index (χ0v) is 9.66. The van der Waals surface area contributed by atoms with Gasteiger partial charge in [0.2, 0.25) is 5.91 Å². The number of anilines is 1. The lowest BCUT2D eigenvalue weighted by molar-refractivity contribution is -0.115. The molecule has 0 aromatic heterocycles. The summed E-state index contributed by atoms with van der Waals surface area (Å²) in [6.45, 7) is 4.24. The van der Waals surface area contributed by atoms with Crippen molar-refractivity contribution in [3.8, 4) is 0 Å². The molecular formula is C12H18N2O2. The normalized spacial score (nSPS) is 12.2. The van der Waals surface area contributed by atoms with Gasteiger partial charge in [0.05, 0.1) is 12.6 Å². The molecule has 4 heteroatoms. The lowest BCUT2D eigenvalue weighted by Crippen LogP contribution is -2.32. The van der Waals surface area contributed by atoms with Crippen LogP contribution in [0, 0.1) is 6.92 Å². The van der Waals surface area contributed by atoms with Crippen molar-refractivity contribution >= 4 is 11.6 Å². The zero-order valence-electron chi connectivity index (χ0n) is 9.66. The lowest BCUT2D eigenvalue weighted by atomic mass is 10.2. The third-order valence-corrected chi connectivity index (χ3v) is 2.14. The van der Waals surface area contributed by atoms with E-state index in [4.69, 9.17) is 5.11 Å². The molecule has 1 amide bonds. The van der Waals surface area contributed by atoms with E-state index in [0.29, 0.717) is 6.54 Å². The molecule has 16 heavy (non-hydrogen) atoms. The molecule has 0 heterocycles. The Bertz CT molecular complexity index is 351. The number of carbonyl (C=O) groups excluding carboxylic acids is 1. The first kappa shape index (κ1) is 12.7. The fraction of sp³-hybridized carbons (Fsp3) is 0.417. The third-order valence-electron chi connectivity index (χ3n) is 2.14. The maximum Gasteiger partial charge on any atom is 0.238 e. The summed E-state index contributed by atoms with van der Waals surface area (Å²) in [5, 5.41) is 14.7. The Kier molecular flexibility index (Phi) is 4.95. The Balaban J connectivity index is 2.37. The van der Waals surface area contributed by atoms with Crippen molar-refractivity contribution in [3.05, 3.63) is 29.8 Å². The minimum atomic E-state index is -0.439. The first-order chi connectivity index (χ1) is 7.59. The molecule has 1 aromatic rings. The molecule has 0 radical (unpaired) electrons. The van der Waals surface area contributed by atoms with Crippen molar-refractivity contribution in [2.24, 2.45) is 0 Å². The van der Waals surface area contributed by atoms with Gasteiger partial charge in [-0.15, -0.1) is 0 Å². The van der Waals surface area contributed by atoms with Gasteiger partial charge in [0.1, 0.15) is 0 Å². The smallest absolute Gasteiger partial charge is 0.238 e. The molecule has 1 rings (SSSR count). The van der Waals surface area contributed by atoms with Crippen LogP contribution in [0.5, 0.6) is 0 Å². The Labute approximate surface area is 95.7 Å². The van der Waals surface area contributed by atoms with E-state index in [0.717, 1.165) is 11.3 Å². The summed E-state index contributed by atoms with van der Waals surface area (Å²) in [5.74, 6) is -0.102. The number of hydrogen-bond donors (Lipinski definition) is 3. The zero-order chi connectivity index (χ0) is 12.0. The topological polar surface area (TPSA) is 61.4 Å². The summed E-state index contributed by atoms with van der Waals surface area (Å²) in [6, 6.07) is 7.61. The molecule has 0 aliphatic carbocycles. The third kappa shape index (κ3) is 4.42. The van der Waals surface area contributed by atoms with Crippen LogP contribution < -0.4 is 10.6 Å². The van der Waals surface area contributed by atoms with E-state index < -0.39 is 6.10 Å². The van der Waals surface area contributed by atoms with Crippen molar-refractivity contribution in [1.82, 2.24) is 5.32 Å². The van der Waals surface area contributed by atoms with Gasteiger partial charge in [0, 0.05) is 12.2 Å². The predicted octanol–water partition coefficient (Wildman–Crippen LogP) is 0.904. The minimum absolute atomic E-state index is 0.102. The summed E-state index contributed by atoms with van der Waals surface area (Å²) in [7, 11) is 0. The van der Waals surface area contributed by atoms with Crippen molar-refractivity contribution < 1.29 is 9.90 Å². The van der Waals surface area contributed by atoms with Crippen LogP contribution in [0.25, 0.3) is 0 Å². The number of nitrogens with one attached hydrogen (secondary N) is 2. The van der Waals surface area contributed by atoms with Crippen molar-refractivity contribution in [3.63, 3.8) is 0 Å². The summed E-state index contributed by atoms with van der Waals surface area (Å²) in [5.41, 5.74) is 1.86. The van der Waals surface area contributed by atoms with Crippen molar-refractivity contribution in [1.29, 1.82) is 0 Å². The number of para-hydroxylation sites is 1. The molecule has 0 aliphatic rings. The van der Waals surface area contributed by atoms with Crippen LogP contribution in [0.2, 0.25) is 0 Å². The van der Waals surface area contributed by atoms with Gasteiger partial charge in [-0.3, -0.25) is 4.79 Å². The Morgan fingerprint density at radius 3 is 2.75 bits per heavy atom. The van der Waals surface area contributed by atoms with Gasteiger partial charge >= 0.3 is 0 Å². The molecule has 3 N–H and O–H groups in total. The van der Waals surface area contributed by atoms with Gasteiger partial charge in [0.15, 0.2) is 0 Å². The molecule has 0 saturated carbocycles. The van der Waals surface area contributed by atoms with Crippen LogP contribution in [0.15, 0.2) is 24.3 Å². The van der Waals surface area contributed by atoms with Gasteiger partial charge in [-0.1, -0.05) is 18.2 Å². The summed E-state index contributed by atoms with van der Waals surface area (Å²) < 4.78 is 0. The summed E-state index contributed by atoms with van der Waals surface area (Å²) in [4.78, 5) is 11.5. The van der Waals surface area contributed by atoms with Gasteiger partial charge in [-0.2, -0.15) is 0 Å². The molecule has 0 fully saturated rings. The molecule has 4 nitrogen and oxygen atoms in total. The second kappa shape index (κ2) is 6.25. The highest BCUT2D eigenvalue weighted by Crippen LogP contribution is 2.12. The Morgan fingerprint density at radius 1 is 1.44 bits per heavy atom. The Hall–Kier alpha value is -1.39. The van der Waals surface area contributed by atoms with Gasteiger partial charge in [-0.05, 0) is 25.5 Å². The molecule has 1 atom stereocenters. The van der Waals surface area contributed by atoms with E-state index in [1.54, 1.807) is 6.92 Å². The number of hydrogen-bond acceptors (Lipinski definition) is 3. The number of aryl methyl sites for hydroxylation is 1. The fourth-order valence-electron chi connectivity index (χ4n) is 1.30. The predicted molar refractivity (Wildman–Crippen MR) is 64.4 cm³/mol. The van der Waals surface area contributed by atoms with Gasteiger partial charge in [-0.25, -0.2) is 0 Å². The second-order valence-corrected chi connectivity index (χ2v) is 3.84. The van der Waals surface area contributed by atoms with Crippen molar-refractivity contribution in [2.45, 2.75) is 20.0 Å². The molecule has 0 aliphatic heterocycles. The van der Waals surface area contributed by atoms with Gasteiger partial charge in [0.25, 0.3) is 0 Å². The van der Waals surface area contributed by atoms with Crippen LogP contribution in [-0.2, 0) is 4.79 Å². The fourth-order valence-corrected chi connectivity index (χ4v) is 1.30. The number of carbonyl (C=O) groups is 1. The molecule has 0 saturated heterocycles. The number of rotatable bonds is 5. The maximum atomic E-state index is 11.5. The molecule has 0 bridgehead atoms. The number of aliphatic hydroxyl groups is 1. The largest absolute Gasteiger partial charge is 0.392 e. The minimum Gasteiger partial charge on any atom is -0.392 e. The number of benzene rings is 1. The standard InChI is InChI=1S/C12H18N2O2/c1-9-5-3-4-6-11(9)14-12(16)8-13-7-10(2)15/h3-6,10,13,15H,7-8H2,1-2H3,(H,14,16). The number of aliphatic hydroxyl groups excluding tert-OH is 1. The highest BCUT2D eigenvalue weighted by Gasteiger charge is 2.04. The highest BCUT2D eigenvalue weighted by molar-refractivity contribution is 5.92. The van der Waals surface area contributed by atoms with Crippen LogP contribution in [0.4, 0.5) is 5.69 Å². The summed E-state index contributed by atoms with van der Waals surface area (Å²) >= 11 is 0. The van der Waals surface area contributed by atoms with Crippen LogP contribution in [0.1, 0.15) is 12.5 Å². The van der Waals surface area contributed by atoms with E-state index in [9.17, 15) is 4.79 Å². The van der Waals surface area contributed by atoms with E-state index in [1.807, 2.05) is 31.2 Å². The monoisotopic (exact) mass is 222 g/mol. The second-order valence-electron chi connectivity index (χ2n) is 3.84. The van der Waals surface area contributed by atoms with Crippen molar-refractivity contribution in [2.75, 3.05) is 18.4 Å². The summed E-state index contributed by atoms with van der Waals surface area (Å²) in [6.07, 6.45) is -0.439. The average molecular weight is 222 g/mol. The number of amides is 1. The van der Waals surface area contributed by atoms with E-state index in [-0.39, 0.29) is 12.5 Å². The Morgan fingerprint density at radius 2 is 2.12 bits per heavy atom. The maximum absolute atomic E-state index is 11.5. The lowest BCUT2D eigenvalue weighted by Gasteiger charge is -2.09. The highest BCUT2D eigenvalue weighted by atomic mass is 16.3. The first-order valence-electron chi connectivity index (χ1n) is 5.34. The quantitative estimate of drug-likeness (QED) is 0.693. The SMILES string of the molecule is Cc1ccccc1NC(=O)CNCC(C)O. The van der Waals surface area contributed by atoms with Crippen LogP contribution in [0.3, 0.4) is 0 Å². The van der Waals surface area contributed by atoms with Crippen LogP contribution in [-0.4, -0.2) is 30.2 Å². The molecule has 88 valence electrons. The average Bonchev–Trinajstić information content (AvgIpc) is 2.21. The molecular weight excluding hydrogens is 204 g/mol. The molecule has 1 unspecified atom stereocenters. The molecule has 0 spiro atoms.